The normalized spacial score (nSPS) is 10.1. The molecule has 0 unspecified atom stereocenters. The highest BCUT2D eigenvalue weighted by Crippen LogP contribution is 2.08. The van der Waals surface area contributed by atoms with Gasteiger partial charge in [0.2, 0.25) is 0 Å². The number of aryl methyl sites for hydroxylation is 1. The number of urea groups is 1. The number of pyridine rings is 2. The van der Waals surface area contributed by atoms with Gasteiger partial charge in [-0.1, -0.05) is 6.07 Å². The van der Waals surface area contributed by atoms with Crippen LogP contribution in [0.3, 0.4) is 0 Å². The number of hydrogen-bond donors (Lipinski definition) is 3. The van der Waals surface area contributed by atoms with E-state index in [0.717, 1.165) is 11.5 Å². The fraction of sp³-hybridized carbons (Fsp3) is 0.267. The lowest BCUT2D eigenvalue weighted by Gasteiger charge is -2.12. The van der Waals surface area contributed by atoms with Crippen LogP contribution in [-0.4, -0.2) is 30.1 Å². The molecule has 116 valence electrons. The summed E-state index contributed by atoms with van der Waals surface area (Å²) < 4.78 is 0. The van der Waals surface area contributed by atoms with E-state index in [2.05, 4.69) is 20.6 Å². The van der Waals surface area contributed by atoms with Crippen LogP contribution in [-0.2, 0) is 6.54 Å². The molecule has 2 rings (SSSR count). The van der Waals surface area contributed by atoms with Gasteiger partial charge in [0.05, 0.1) is 17.9 Å². The average molecular weight is 301 g/mol. The van der Waals surface area contributed by atoms with Crippen molar-refractivity contribution in [3.05, 3.63) is 52.1 Å². The molecule has 0 bridgehead atoms. The molecular formula is C15H19N5O2. The van der Waals surface area contributed by atoms with Gasteiger partial charge in [0.25, 0.3) is 5.56 Å². The first-order valence-corrected chi connectivity index (χ1v) is 6.83. The van der Waals surface area contributed by atoms with Gasteiger partial charge in [-0.05, 0) is 25.1 Å². The third kappa shape index (κ3) is 4.08. The van der Waals surface area contributed by atoms with Crippen LogP contribution in [0, 0.1) is 6.92 Å². The number of carbonyl (C=O) groups excluding carboxylic acids is 1. The Labute approximate surface area is 128 Å². The lowest BCUT2D eigenvalue weighted by atomic mass is 10.3. The van der Waals surface area contributed by atoms with Crippen LogP contribution < -0.4 is 21.1 Å². The summed E-state index contributed by atoms with van der Waals surface area (Å²) in [5, 5.41) is 5.38. The van der Waals surface area contributed by atoms with Gasteiger partial charge in [-0.25, -0.2) is 9.78 Å². The smallest absolute Gasteiger partial charge is 0.319 e. The highest BCUT2D eigenvalue weighted by Gasteiger charge is 2.05. The summed E-state index contributed by atoms with van der Waals surface area (Å²) in [4.78, 5) is 32.0. The highest BCUT2D eigenvalue weighted by molar-refractivity contribution is 5.89. The topological polar surface area (TPSA) is 90.1 Å². The van der Waals surface area contributed by atoms with Gasteiger partial charge in [-0.15, -0.1) is 0 Å². The van der Waals surface area contributed by atoms with E-state index in [1.165, 1.54) is 6.20 Å². The number of aromatic amines is 1. The minimum Gasteiger partial charge on any atom is -0.363 e. The van der Waals surface area contributed by atoms with Crippen molar-refractivity contribution in [2.75, 3.05) is 24.3 Å². The molecule has 7 nitrogen and oxygen atoms in total. The second-order valence-electron chi connectivity index (χ2n) is 5.09. The van der Waals surface area contributed by atoms with Gasteiger partial charge in [0, 0.05) is 25.9 Å². The standard InChI is InChI=1S/C15H19N5O2/c1-10-7-12(9-16-14(10)21)19-15(22)17-8-11-5-4-6-13(18-11)20(2)3/h4-7,9H,8H2,1-3H3,(H,16,21)(H2,17,19,22). The Bertz CT molecular complexity index is 724. The van der Waals surface area contributed by atoms with E-state index in [4.69, 9.17) is 0 Å². The monoisotopic (exact) mass is 301 g/mol. The molecule has 0 atom stereocenters. The van der Waals surface area contributed by atoms with Gasteiger partial charge in [-0.2, -0.15) is 0 Å². The van der Waals surface area contributed by atoms with E-state index in [9.17, 15) is 9.59 Å². The Morgan fingerprint density at radius 3 is 2.82 bits per heavy atom. The maximum Gasteiger partial charge on any atom is 0.319 e. The molecule has 2 aromatic rings. The Balaban J connectivity index is 1.94. The lowest BCUT2D eigenvalue weighted by molar-refractivity contribution is 0.251. The highest BCUT2D eigenvalue weighted by atomic mass is 16.2. The van der Waals surface area contributed by atoms with Crippen LogP contribution in [0.1, 0.15) is 11.3 Å². The third-order valence-electron chi connectivity index (χ3n) is 3.03. The first kappa shape index (κ1) is 15.6. The van der Waals surface area contributed by atoms with E-state index in [0.29, 0.717) is 17.8 Å². The minimum atomic E-state index is -0.358. The number of amides is 2. The zero-order chi connectivity index (χ0) is 16.1. The van der Waals surface area contributed by atoms with Crippen LogP contribution in [0.25, 0.3) is 0 Å². The molecule has 0 spiro atoms. The van der Waals surface area contributed by atoms with E-state index < -0.39 is 0 Å². The molecular weight excluding hydrogens is 282 g/mol. The number of aromatic nitrogens is 2. The predicted molar refractivity (Wildman–Crippen MR) is 86.2 cm³/mol. The van der Waals surface area contributed by atoms with Gasteiger partial charge in [0.15, 0.2) is 0 Å². The zero-order valence-electron chi connectivity index (χ0n) is 12.8. The second kappa shape index (κ2) is 6.75. The molecule has 0 fully saturated rings. The number of anilines is 2. The lowest BCUT2D eigenvalue weighted by Crippen LogP contribution is -2.29. The van der Waals surface area contributed by atoms with Crippen LogP contribution in [0.4, 0.5) is 16.3 Å². The maximum absolute atomic E-state index is 11.8. The molecule has 0 aliphatic carbocycles. The van der Waals surface area contributed by atoms with Crippen LogP contribution in [0.5, 0.6) is 0 Å². The summed E-state index contributed by atoms with van der Waals surface area (Å²) >= 11 is 0. The number of H-pyrrole nitrogens is 1. The molecule has 2 aromatic heterocycles. The van der Waals surface area contributed by atoms with Gasteiger partial charge < -0.3 is 20.5 Å². The number of nitrogens with zero attached hydrogens (tertiary/aromatic N) is 2. The SMILES string of the molecule is Cc1cc(NC(=O)NCc2cccc(N(C)C)n2)c[nH]c1=O. The first-order chi connectivity index (χ1) is 10.5. The number of hydrogen-bond acceptors (Lipinski definition) is 4. The summed E-state index contributed by atoms with van der Waals surface area (Å²) in [5.41, 5.74) is 1.66. The Morgan fingerprint density at radius 1 is 1.36 bits per heavy atom. The second-order valence-corrected chi connectivity index (χ2v) is 5.09. The summed E-state index contributed by atoms with van der Waals surface area (Å²) in [6.45, 7) is 1.99. The van der Waals surface area contributed by atoms with Crippen molar-refractivity contribution in [3.63, 3.8) is 0 Å². The van der Waals surface area contributed by atoms with Crippen molar-refractivity contribution in [3.8, 4) is 0 Å². The fourth-order valence-corrected chi connectivity index (χ4v) is 1.83. The third-order valence-corrected chi connectivity index (χ3v) is 3.03. The molecule has 0 radical (unpaired) electrons. The van der Waals surface area contributed by atoms with E-state index in [1.54, 1.807) is 13.0 Å². The maximum atomic E-state index is 11.8. The quantitative estimate of drug-likeness (QED) is 0.797. The van der Waals surface area contributed by atoms with Crippen LogP contribution >= 0.6 is 0 Å². The van der Waals surface area contributed by atoms with E-state index in [1.807, 2.05) is 37.2 Å². The molecule has 22 heavy (non-hydrogen) atoms. The van der Waals surface area contributed by atoms with Crippen molar-refractivity contribution < 1.29 is 4.79 Å². The molecule has 0 saturated heterocycles. The van der Waals surface area contributed by atoms with Gasteiger partial charge >= 0.3 is 6.03 Å². The molecule has 0 aromatic carbocycles. The summed E-state index contributed by atoms with van der Waals surface area (Å²) in [5.74, 6) is 0.830. The van der Waals surface area contributed by atoms with Gasteiger partial charge in [0.1, 0.15) is 5.82 Å². The number of rotatable bonds is 4. The Hall–Kier alpha value is -2.83. The Kier molecular flexibility index (Phi) is 4.77. The molecule has 7 heteroatoms. The number of nitrogens with one attached hydrogen (secondary N) is 3. The van der Waals surface area contributed by atoms with Crippen molar-refractivity contribution in [1.29, 1.82) is 0 Å². The van der Waals surface area contributed by atoms with Crippen molar-refractivity contribution in [2.45, 2.75) is 13.5 Å². The fourth-order valence-electron chi connectivity index (χ4n) is 1.83. The van der Waals surface area contributed by atoms with Crippen molar-refractivity contribution in [1.82, 2.24) is 15.3 Å². The summed E-state index contributed by atoms with van der Waals surface area (Å²) in [6.07, 6.45) is 1.46. The van der Waals surface area contributed by atoms with Crippen LogP contribution in [0.2, 0.25) is 0 Å². The van der Waals surface area contributed by atoms with Gasteiger partial charge in [-0.3, -0.25) is 4.79 Å². The Morgan fingerprint density at radius 2 is 2.14 bits per heavy atom. The van der Waals surface area contributed by atoms with Crippen LogP contribution in [0.15, 0.2) is 35.3 Å². The first-order valence-electron chi connectivity index (χ1n) is 6.83. The molecule has 0 aliphatic heterocycles. The molecule has 0 saturated carbocycles. The summed E-state index contributed by atoms with van der Waals surface area (Å²) in [6, 6.07) is 6.89. The summed E-state index contributed by atoms with van der Waals surface area (Å²) in [7, 11) is 3.82. The molecule has 2 heterocycles. The largest absolute Gasteiger partial charge is 0.363 e. The van der Waals surface area contributed by atoms with Crippen molar-refractivity contribution in [2.24, 2.45) is 0 Å². The molecule has 2 amide bonds. The molecule has 3 N–H and O–H groups in total. The predicted octanol–water partition coefficient (Wildman–Crippen LogP) is 1.47. The molecule has 0 aliphatic rings. The minimum absolute atomic E-state index is 0.171. The number of carbonyl (C=O) groups is 1. The van der Waals surface area contributed by atoms with E-state index in [-0.39, 0.29) is 11.6 Å². The van der Waals surface area contributed by atoms with E-state index >= 15 is 0 Å². The van der Waals surface area contributed by atoms with Crippen molar-refractivity contribution >= 4 is 17.5 Å². The average Bonchev–Trinajstić information content (AvgIpc) is 2.49. The zero-order valence-corrected chi connectivity index (χ0v) is 12.8.